The van der Waals surface area contributed by atoms with E-state index in [4.69, 9.17) is 0 Å². The molecule has 1 atom stereocenters. The zero-order valence-electron chi connectivity index (χ0n) is 13.2. The molecule has 0 radical (unpaired) electrons. The molecule has 0 saturated heterocycles. The van der Waals surface area contributed by atoms with Gasteiger partial charge in [0.1, 0.15) is 0 Å². The summed E-state index contributed by atoms with van der Waals surface area (Å²) in [6.07, 6.45) is 6.11. The quantitative estimate of drug-likeness (QED) is 0.759. The molecule has 1 heteroatoms. The van der Waals surface area contributed by atoms with E-state index in [2.05, 4.69) is 56.3 Å². The maximum absolute atomic E-state index is 11.1. The fourth-order valence-electron chi connectivity index (χ4n) is 3.69. The summed E-state index contributed by atoms with van der Waals surface area (Å²) in [5, 5.41) is 13.7. The largest absolute Gasteiger partial charge is 0.390 e. The Morgan fingerprint density at radius 3 is 2.52 bits per heavy atom. The van der Waals surface area contributed by atoms with Crippen molar-refractivity contribution >= 4 is 10.8 Å². The van der Waals surface area contributed by atoms with Crippen LogP contribution in [0.15, 0.2) is 42.5 Å². The zero-order chi connectivity index (χ0) is 14.9. The van der Waals surface area contributed by atoms with Gasteiger partial charge in [-0.15, -0.1) is 0 Å². The molecule has 0 bridgehead atoms. The summed E-state index contributed by atoms with van der Waals surface area (Å²) in [6.45, 7) is 4.66. The van der Waals surface area contributed by atoms with Crippen LogP contribution in [-0.4, -0.2) is 10.7 Å². The monoisotopic (exact) mass is 282 g/mol. The van der Waals surface area contributed by atoms with Crippen LogP contribution in [0.1, 0.15) is 51.5 Å². The van der Waals surface area contributed by atoms with Crippen molar-refractivity contribution in [1.82, 2.24) is 0 Å². The molecule has 1 unspecified atom stereocenters. The molecule has 0 aliphatic heterocycles. The van der Waals surface area contributed by atoms with Crippen molar-refractivity contribution < 1.29 is 5.11 Å². The average Bonchev–Trinajstić information content (AvgIpc) is 2.58. The van der Waals surface area contributed by atoms with Crippen LogP contribution in [0.3, 0.4) is 0 Å². The van der Waals surface area contributed by atoms with Crippen LogP contribution < -0.4 is 0 Å². The topological polar surface area (TPSA) is 20.2 Å². The van der Waals surface area contributed by atoms with Gasteiger partial charge in [-0.3, -0.25) is 0 Å². The molecule has 1 nitrogen and oxygen atoms in total. The SMILES string of the molecule is CC1(C)CCCC(O)(Cc2cccc3ccccc23)CC1. The van der Waals surface area contributed by atoms with Gasteiger partial charge in [-0.05, 0) is 47.4 Å². The molecular formula is C20H26O. The van der Waals surface area contributed by atoms with Crippen LogP contribution in [0.5, 0.6) is 0 Å². The number of rotatable bonds is 2. The minimum atomic E-state index is -0.530. The van der Waals surface area contributed by atoms with E-state index in [1.54, 1.807) is 0 Å². The molecule has 2 aromatic rings. The highest BCUT2D eigenvalue weighted by atomic mass is 16.3. The maximum Gasteiger partial charge on any atom is 0.0688 e. The molecule has 1 saturated carbocycles. The lowest BCUT2D eigenvalue weighted by Gasteiger charge is -2.28. The van der Waals surface area contributed by atoms with E-state index in [0.717, 1.165) is 32.1 Å². The molecule has 2 aromatic carbocycles. The zero-order valence-corrected chi connectivity index (χ0v) is 13.2. The molecule has 1 aliphatic rings. The minimum Gasteiger partial charge on any atom is -0.390 e. The molecule has 3 rings (SSSR count). The molecule has 1 fully saturated rings. The van der Waals surface area contributed by atoms with E-state index >= 15 is 0 Å². The molecule has 1 N–H and O–H groups in total. The summed E-state index contributed by atoms with van der Waals surface area (Å²) in [5.41, 5.74) is 1.14. The van der Waals surface area contributed by atoms with Crippen molar-refractivity contribution in [2.45, 2.75) is 58.0 Å². The average molecular weight is 282 g/mol. The van der Waals surface area contributed by atoms with Gasteiger partial charge in [0, 0.05) is 6.42 Å². The normalized spacial score (nSPS) is 25.7. The highest BCUT2D eigenvalue weighted by molar-refractivity contribution is 5.85. The Morgan fingerprint density at radius 1 is 0.905 bits per heavy atom. The third-order valence-corrected chi connectivity index (χ3v) is 5.16. The van der Waals surface area contributed by atoms with Gasteiger partial charge in [-0.1, -0.05) is 62.7 Å². The number of fused-ring (bicyclic) bond motifs is 1. The number of aliphatic hydroxyl groups is 1. The standard InChI is InChI=1S/C20H26O/c1-19(2)11-6-12-20(21,14-13-19)15-17-9-5-8-16-7-3-4-10-18(16)17/h3-5,7-10,21H,6,11-15H2,1-2H3. The first-order valence-electron chi connectivity index (χ1n) is 8.17. The Morgan fingerprint density at radius 2 is 1.67 bits per heavy atom. The van der Waals surface area contributed by atoms with Gasteiger partial charge in [0.25, 0.3) is 0 Å². The Labute approximate surface area is 128 Å². The molecule has 0 amide bonds. The van der Waals surface area contributed by atoms with E-state index in [0.29, 0.717) is 5.41 Å². The van der Waals surface area contributed by atoms with Crippen LogP contribution in [-0.2, 0) is 6.42 Å². The fourth-order valence-corrected chi connectivity index (χ4v) is 3.69. The van der Waals surface area contributed by atoms with Crippen molar-refractivity contribution in [3.63, 3.8) is 0 Å². The fraction of sp³-hybridized carbons (Fsp3) is 0.500. The molecule has 21 heavy (non-hydrogen) atoms. The number of benzene rings is 2. The van der Waals surface area contributed by atoms with Crippen LogP contribution >= 0.6 is 0 Å². The van der Waals surface area contributed by atoms with Gasteiger partial charge < -0.3 is 5.11 Å². The van der Waals surface area contributed by atoms with Crippen molar-refractivity contribution in [3.8, 4) is 0 Å². The summed E-state index contributed by atoms with van der Waals surface area (Å²) in [6, 6.07) is 14.9. The second-order valence-corrected chi connectivity index (χ2v) is 7.56. The van der Waals surface area contributed by atoms with Crippen molar-refractivity contribution in [3.05, 3.63) is 48.0 Å². The third kappa shape index (κ3) is 3.29. The van der Waals surface area contributed by atoms with Crippen LogP contribution in [0.2, 0.25) is 0 Å². The van der Waals surface area contributed by atoms with E-state index in [1.165, 1.54) is 22.8 Å². The molecule has 1 aliphatic carbocycles. The summed E-state index contributed by atoms with van der Waals surface area (Å²) in [5.74, 6) is 0. The smallest absolute Gasteiger partial charge is 0.0688 e. The predicted molar refractivity (Wildman–Crippen MR) is 89.5 cm³/mol. The molecule has 0 spiro atoms. The van der Waals surface area contributed by atoms with Gasteiger partial charge >= 0.3 is 0 Å². The lowest BCUT2D eigenvalue weighted by Crippen LogP contribution is -2.31. The Kier molecular flexibility index (Phi) is 3.79. The minimum absolute atomic E-state index is 0.378. The van der Waals surface area contributed by atoms with Gasteiger partial charge in [0.05, 0.1) is 5.60 Å². The van der Waals surface area contributed by atoms with Crippen molar-refractivity contribution in [2.75, 3.05) is 0 Å². The second-order valence-electron chi connectivity index (χ2n) is 7.56. The summed E-state index contributed by atoms with van der Waals surface area (Å²) in [7, 11) is 0. The van der Waals surface area contributed by atoms with Gasteiger partial charge in [0.2, 0.25) is 0 Å². The molecule has 0 aromatic heterocycles. The summed E-state index contributed by atoms with van der Waals surface area (Å²) in [4.78, 5) is 0. The highest BCUT2D eigenvalue weighted by Gasteiger charge is 2.34. The predicted octanol–water partition coefficient (Wildman–Crippen LogP) is 5.10. The van der Waals surface area contributed by atoms with Gasteiger partial charge in [0.15, 0.2) is 0 Å². The van der Waals surface area contributed by atoms with Crippen LogP contribution in [0.4, 0.5) is 0 Å². The Hall–Kier alpha value is -1.34. The van der Waals surface area contributed by atoms with Gasteiger partial charge in [-0.2, -0.15) is 0 Å². The van der Waals surface area contributed by atoms with E-state index in [1.807, 2.05) is 0 Å². The summed E-state index contributed by atoms with van der Waals surface area (Å²) < 4.78 is 0. The van der Waals surface area contributed by atoms with E-state index < -0.39 is 5.60 Å². The van der Waals surface area contributed by atoms with E-state index in [9.17, 15) is 5.11 Å². The number of hydrogen-bond donors (Lipinski definition) is 1. The molecule has 0 heterocycles. The van der Waals surface area contributed by atoms with Crippen LogP contribution in [0, 0.1) is 5.41 Å². The molecule has 112 valence electrons. The number of hydrogen-bond acceptors (Lipinski definition) is 1. The Bertz CT molecular complexity index is 623. The van der Waals surface area contributed by atoms with Crippen LogP contribution in [0.25, 0.3) is 10.8 Å². The molecular weight excluding hydrogens is 256 g/mol. The second kappa shape index (κ2) is 5.46. The van der Waals surface area contributed by atoms with Gasteiger partial charge in [-0.25, -0.2) is 0 Å². The van der Waals surface area contributed by atoms with Crippen molar-refractivity contribution in [2.24, 2.45) is 5.41 Å². The lowest BCUT2D eigenvalue weighted by molar-refractivity contribution is 0.0229. The summed E-state index contributed by atoms with van der Waals surface area (Å²) >= 11 is 0. The Balaban J connectivity index is 1.87. The first-order valence-corrected chi connectivity index (χ1v) is 8.17. The highest BCUT2D eigenvalue weighted by Crippen LogP contribution is 2.40. The first-order chi connectivity index (χ1) is 9.98. The third-order valence-electron chi connectivity index (χ3n) is 5.16. The van der Waals surface area contributed by atoms with Crippen molar-refractivity contribution in [1.29, 1.82) is 0 Å². The van der Waals surface area contributed by atoms with E-state index in [-0.39, 0.29) is 0 Å². The lowest BCUT2D eigenvalue weighted by atomic mass is 9.82. The first kappa shape index (κ1) is 14.6. The maximum atomic E-state index is 11.1.